The summed E-state index contributed by atoms with van der Waals surface area (Å²) in [5.41, 5.74) is 11.4. The second-order valence-corrected chi connectivity index (χ2v) is 5.62. The number of primary amides is 2. The predicted molar refractivity (Wildman–Crippen MR) is 70.8 cm³/mol. The maximum Gasteiger partial charge on any atom is 0.249 e. The van der Waals surface area contributed by atoms with Gasteiger partial charge in [-0.25, -0.2) is 0 Å². The van der Waals surface area contributed by atoms with Crippen LogP contribution in [-0.2, 0) is 11.2 Å². The molecule has 0 radical (unpaired) electrons. The van der Waals surface area contributed by atoms with E-state index >= 15 is 0 Å². The third-order valence-corrected chi connectivity index (χ3v) is 3.59. The van der Waals surface area contributed by atoms with Gasteiger partial charge in [0, 0.05) is 5.92 Å². The highest BCUT2D eigenvalue weighted by atomic mass is 32.2. The van der Waals surface area contributed by atoms with Gasteiger partial charge in [-0.3, -0.25) is 9.59 Å². The Kier molecular flexibility index (Phi) is 4.75. The molecule has 98 valence electrons. The van der Waals surface area contributed by atoms with E-state index in [2.05, 4.69) is 0 Å². The zero-order valence-electron chi connectivity index (χ0n) is 10.3. The number of carbonyl (C=O) groups excluding carboxylic acids is 2. The molecule has 6 heteroatoms. The minimum Gasteiger partial charge on any atom is -0.617 e. The van der Waals surface area contributed by atoms with Crippen LogP contribution in [0.25, 0.3) is 0 Å². The van der Waals surface area contributed by atoms with E-state index in [-0.39, 0.29) is 17.0 Å². The van der Waals surface area contributed by atoms with Crippen LogP contribution in [0.1, 0.15) is 39.1 Å². The van der Waals surface area contributed by atoms with Crippen molar-refractivity contribution in [1.29, 1.82) is 0 Å². The molecule has 5 nitrogen and oxygen atoms in total. The van der Waals surface area contributed by atoms with Crippen molar-refractivity contribution in [2.45, 2.75) is 12.8 Å². The van der Waals surface area contributed by atoms with E-state index in [1.807, 2.05) is 6.92 Å². The quantitative estimate of drug-likeness (QED) is 0.752. The molecule has 1 aromatic rings. The first-order valence-electron chi connectivity index (χ1n) is 5.37. The van der Waals surface area contributed by atoms with Gasteiger partial charge in [-0.05, 0) is 11.6 Å². The van der Waals surface area contributed by atoms with Gasteiger partial charge in [0.1, 0.15) is 5.75 Å². The Bertz CT molecular complexity index is 474. The fourth-order valence-corrected chi connectivity index (χ4v) is 2.79. The van der Waals surface area contributed by atoms with Crippen molar-refractivity contribution in [1.82, 2.24) is 0 Å². The lowest BCUT2D eigenvalue weighted by molar-refractivity contribution is 0.0966. The summed E-state index contributed by atoms with van der Waals surface area (Å²) < 4.78 is 11.2. The molecular formula is C12H16N2O3S. The van der Waals surface area contributed by atoms with Crippen molar-refractivity contribution in [2.75, 3.05) is 12.0 Å². The topological polar surface area (TPSA) is 109 Å². The Hall–Kier alpha value is -1.53. The molecule has 0 saturated carbocycles. The van der Waals surface area contributed by atoms with Gasteiger partial charge in [0.15, 0.2) is 0 Å². The Morgan fingerprint density at radius 1 is 1.33 bits per heavy atom. The summed E-state index contributed by atoms with van der Waals surface area (Å²) in [4.78, 5) is 22.8. The van der Waals surface area contributed by atoms with Gasteiger partial charge < -0.3 is 16.0 Å². The molecule has 0 fully saturated rings. The maximum atomic E-state index is 11.5. The van der Waals surface area contributed by atoms with E-state index in [9.17, 15) is 14.1 Å². The molecule has 0 bridgehead atoms. The summed E-state index contributed by atoms with van der Waals surface area (Å²) >= 11 is -1.00. The molecule has 0 saturated heterocycles. The molecule has 0 aliphatic heterocycles. The van der Waals surface area contributed by atoms with Crippen LogP contribution in [0.4, 0.5) is 0 Å². The summed E-state index contributed by atoms with van der Waals surface area (Å²) in [7, 11) is 0. The van der Waals surface area contributed by atoms with Crippen LogP contribution in [-0.4, -0.2) is 28.4 Å². The van der Waals surface area contributed by atoms with Crippen LogP contribution >= 0.6 is 0 Å². The summed E-state index contributed by atoms with van der Waals surface area (Å²) in [6.45, 7) is 1.83. The highest BCUT2D eigenvalue weighted by molar-refractivity contribution is 7.90. The van der Waals surface area contributed by atoms with Crippen molar-refractivity contribution < 1.29 is 14.1 Å². The maximum absolute atomic E-state index is 11.5. The van der Waals surface area contributed by atoms with Gasteiger partial charge in [0.25, 0.3) is 0 Å². The number of hydrogen-bond donors (Lipinski definition) is 2. The molecule has 1 aromatic carbocycles. The normalized spacial score (nSPS) is 13.9. The van der Waals surface area contributed by atoms with Gasteiger partial charge >= 0.3 is 0 Å². The number of rotatable bonds is 5. The fraction of sp³-hybridized carbons (Fsp3) is 0.333. The van der Waals surface area contributed by atoms with Gasteiger partial charge in [-0.1, -0.05) is 30.2 Å². The summed E-state index contributed by atoms with van der Waals surface area (Å²) in [6.07, 6.45) is 1.58. The van der Waals surface area contributed by atoms with Crippen LogP contribution < -0.4 is 11.5 Å². The monoisotopic (exact) mass is 268 g/mol. The fourth-order valence-electron chi connectivity index (χ4n) is 1.90. The minimum absolute atomic E-state index is 0.105. The molecule has 1 rings (SSSR count). The molecule has 0 aliphatic rings. The van der Waals surface area contributed by atoms with Crippen molar-refractivity contribution >= 4 is 23.0 Å². The van der Waals surface area contributed by atoms with Crippen molar-refractivity contribution in [3.05, 3.63) is 34.9 Å². The van der Waals surface area contributed by atoms with Crippen LogP contribution in [0.15, 0.2) is 18.2 Å². The molecule has 2 amide bonds. The van der Waals surface area contributed by atoms with E-state index in [0.29, 0.717) is 11.3 Å². The highest BCUT2D eigenvalue weighted by Gasteiger charge is 2.22. The van der Waals surface area contributed by atoms with Crippen molar-refractivity contribution in [3.8, 4) is 0 Å². The van der Waals surface area contributed by atoms with Crippen LogP contribution in [0.5, 0.6) is 0 Å². The molecule has 0 spiro atoms. The Labute approximate surface area is 109 Å². The average molecular weight is 268 g/mol. The highest BCUT2D eigenvalue weighted by Crippen LogP contribution is 2.24. The molecule has 0 aromatic heterocycles. The van der Waals surface area contributed by atoms with E-state index in [0.717, 1.165) is 0 Å². The Morgan fingerprint density at radius 2 is 1.94 bits per heavy atom. The predicted octanol–water partition coefficient (Wildman–Crippen LogP) is 0.366. The van der Waals surface area contributed by atoms with E-state index < -0.39 is 23.0 Å². The van der Waals surface area contributed by atoms with E-state index in [1.165, 1.54) is 6.07 Å². The Balaban J connectivity index is 3.31. The first-order valence-corrected chi connectivity index (χ1v) is 7.09. The molecule has 4 N–H and O–H groups in total. The van der Waals surface area contributed by atoms with Gasteiger partial charge in [-0.2, -0.15) is 0 Å². The first kappa shape index (κ1) is 14.5. The summed E-state index contributed by atoms with van der Waals surface area (Å²) in [5, 5.41) is 0. The van der Waals surface area contributed by atoms with Crippen molar-refractivity contribution in [3.63, 3.8) is 0 Å². The second-order valence-electron chi connectivity index (χ2n) is 4.14. The van der Waals surface area contributed by atoms with Gasteiger partial charge in [-0.15, -0.1) is 0 Å². The lowest BCUT2D eigenvalue weighted by Crippen LogP contribution is -2.24. The van der Waals surface area contributed by atoms with Crippen LogP contribution in [0.2, 0.25) is 0 Å². The lowest BCUT2D eigenvalue weighted by atomic mass is 9.92. The number of amides is 2. The number of nitrogens with two attached hydrogens (primary N) is 2. The zero-order chi connectivity index (χ0) is 13.9. The minimum atomic E-state index is -1.00. The molecule has 18 heavy (non-hydrogen) atoms. The zero-order valence-corrected chi connectivity index (χ0v) is 11.1. The third kappa shape index (κ3) is 3.24. The second kappa shape index (κ2) is 5.88. The largest absolute Gasteiger partial charge is 0.617 e. The van der Waals surface area contributed by atoms with Crippen LogP contribution in [0.3, 0.4) is 0 Å². The van der Waals surface area contributed by atoms with Crippen molar-refractivity contribution in [2.24, 2.45) is 11.5 Å². The van der Waals surface area contributed by atoms with Crippen LogP contribution in [0, 0.1) is 0 Å². The molecule has 2 atom stereocenters. The smallest absolute Gasteiger partial charge is 0.249 e. The summed E-state index contributed by atoms with van der Waals surface area (Å²) in [5.74, 6) is -1.15. The lowest BCUT2D eigenvalue weighted by Gasteiger charge is -2.17. The average Bonchev–Trinajstić information content (AvgIpc) is 2.26. The van der Waals surface area contributed by atoms with E-state index in [4.69, 9.17) is 11.5 Å². The van der Waals surface area contributed by atoms with Gasteiger partial charge in [0.05, 0.1) is 17.4 Å². The van der Waals surface area contributed by atoms with Gasteiger partial charge in [0.2, 0.25) is 11.8 Å². The Morgan fingerprint density at radius 3 is 2.39 bits per heavy atom. The molecule has 2 unspecified atom stereocenters. The molecule has 0 heterocycles. The number of carbonyl (C=O) groups is 2. The third-order valence-electron chi connectivity index (χ3n) is 2.62. The number of benzene rings is 1. The first-order chi connectivity index (χ1) is 8.34. The number of hydrogen-bond acceptors (Lipinski definition) is 3. The molecular weight excluding hydrogens is 252 g/mol. The molecule has 0 aliphatic carbocycles. The standard InChI is InChI=1S/C12H16N2O3S/c1-7(6-18(2)17)8-4-3-5-9(11(13)15)10(8)12(14)16/h3-5,7H,6H2,1-2H3,(H2,13,15)(H2,14,16). The van der Waals surface area contributed by atoms with E-state index in [1.54, 1.807) is 18.4 Å². The summed E-state index contributed by atoms with van der Waals surface area (Å²) in [6, 6.07) is 4.79. The SMILES string of the molecule is CC(C[S+](C)[O-])c1cccc(C(N)=O)c1C(N)=O.